The fraction of sp³-hybridized carbons (Fsp3) is 0.600. The molecule has 0 atom stereocenters. The molecule has 0 N–H and O–H groups in total. The molecule has 1 aromatic rings. The zero-order valence-electron chi connectivity index (χ0n) is 10.9. The van der Waals surface area contributed by atoms with Gasteiger partial charge in [0.2, 0.25) is 0 Å². The maximum absolute atomic E-state index is 11.7. The van der Waals surface area contributed by atoms with E-state index in [2.05, 4.69) is 4.98 Å². The molecule has 0 aliphatic carbocycles. The normalized spacial score (nSPS) is 16.3. The van der Waals surface area contributed by atoms with Crippen LogP contribution in [0.1, 0.15) is 10.5 Å². The summed E-state index contributed by atoms with van der Waals surface area (Å²) in [4.78, 5) is 19.3. The average molecular weight is 305 g/mol. The van der Waals surface area contributed by atoms with Gasteiger partial charge in [-0.05, 0) is 0 Å². The van der Waals surface area contributed by atoms with Crippen molar-refractivity contribution in [1.82, 2.24) is 9.88 Å². The number of hydrogen-bond acceptors (Lipinski definition) is 7. The van der Waals surface area contributed by atoms with Gasteiger partial charge in [-0.25, -0.2) is 4.98 Å². The number of aromatic nitrogens is 1. The lowest BCUT2D eigenvalue weighted by Gasteiger charge is -2.37. The smallest absolute Gasteiger partial charge is 0.272 e. The van der Waals surface area contributed by atoms with Crippen LogP contribution in [0, 0.1) is 0 Å². The van der Waals surface area contributed by atoms with Crippen LogP contribution in [-0.2, 0) is 14.3 Å². The minimum absolute atomic E-state index is 0.146. The van der Waals surface area contributed by atoms with Gasteiger partial charge in [0, 0.05) is 32.6 Å². The molecule has 9 heteroatoms. The zero-order valence-corrected chi connectivity index (χ0v) is 12.5. The van der Waals surface area contributed by atoms with E-state index in [4.69, 9.17) is 4.18 Å². The summed E-state index contributed by atoms with van der Waals surface area (Å²) < 4.78 is 26.7. The van der Waals surface area contributed by atoms with Crippen LogP contribution in [0.5, 0.6) is 0 Å². The summed E-state index contributed by atoms with van der Waals surface area (Å²) in [6.07, 6.45) is 0.708. The van der Waals surface area contributed by atoms with Gasteiger partial charge in [0.05, 0.1) is 6.26 Å². The van der Waals surface area contributed by atoms with Crippen LogP contribution in [0.4, 0.5) is 5.13 Å². The Morgan fingerprint density at radius 1 is 1.53 bits per heavy atom. The molecule has 1 aliphatic rings. The van der Waals surface area contributed by atoms with Gasteiger partial charge in [0.25, 0.3) is 16.0 Å². The first-order chi connectivity index (χ1) is 8.76. The molecule has 19 heavy (non-hydrogen) atoms. The van der Waals surface area contributed by atoms with Gasteiger partial charge in [-0.1, -0.05) is 0 Å². The molecule has 0 radical (unpaired) electrons. The summed E-state index contributed by atoms with van der Waals surface area (Å²) in [5, 5.41) is 2.40. The van der Waals surface area contributed by atoms with Gasteiger partial charge >= 0.3 is 0 Å². The Morgan fingerprint density at radius 2 is 2.16 bits per heavy atom. The number of carbonyl (C=O) groups is 1. The number of anilines is 1. The topological polar surface area (TPSA) is 79.8 Å². The highest BCUT2D eigenvalue weighted by Crippen LogP contribution is 2.27. The van der Waals surface area contributed by atoms with Gasteiger partial charge in [0.1, 0.15) is 11.8 Å². The fourth-order valence-electron chi connectivity index (χ4n) is 1.64. The monoisotopic (exact) mass is 305 g/mol. The Kier molecular flexibility index (Phi) is 3.79. The Labute approximate surface area is 115 Å². The maximum atomic E-state index is 11.7. The van der Waals surface area contributed by atoms with Crippen molar-refractivity contribution in [2.24, 2.45) is 0 Å². The predicted octanol–water partition coefficient (Wildman–Crippen LogP) is 0.00970. The highest BCUT2D eigenvalue weighted by molar-refractivity contribution is 7.86. The summed E-state index contributed by atoms with van der Waals surface area (Å²) in [5.41, 5.74) is 0.400. The summed E-state index contributed by atoms with van der Waals surface area (Å²) >= 11 is 1.36. The lowest BCUT2D eigenvalue weighted by Crippen LogP contribution is -2.53. The van der Waals surface area contributed by atoms with Gasteiger partial charge < -0.3 is 9.80 Å². The van der Waals surface area contributed by atoms with Gasteiger partial charge in [-0.3, -0.25) is 8.98 Å². The average Bonchev–Trinajstić information content (AvgIpc) is 2.68. The van der Waals surface area contributed by atoms with E-state index in [1.807, 2.05) is 4.90 Å². The van der Waals surface area contributed by atoms with Crippen molar-refractivity contribution >= 4 is 32.5 Å². The lowest BCUT2D eigenvalue weighted by molar-refractivity contribution is 0.0823. The van der Waals surface area contributed by atoms with Crippen LogP contribution < -0.4 is 4.90 Å². The van der Waals surface area contributed by atoms with E-state index in [0.29, 0.717) is 23.9 Å². The van der Waals surface area contributed by atoms with Crippen LogP contribution in [0.2, 0.25) is 0 Å². The van der Waals surface area contributed by atoms with E-state index in [1.54, 1.807) is 19.5 Å². The van der Waals surface area contributed by atoms with Crippen LogP contribution in [0.25, 0.3) is 0 Å². The molecule has 0 saturated carbocycles. The molecular weight excluding hydrogens is 290 g/mol. The molecule has 1 fully saturated rings. The molecule has 0 spiro atoms. The summed E-state index contributed by atoms with van der Waals surface area (Å²) in [5.74, 6) is -0.146. The highest BCUT2D eigenvalue weighted by atomic mass is 32.2. The Hall–Kier alpha value is -1.19. The third kappa shape index (κ3) is 3.43. The van der Waals surface area contributed by atoms with Crippen molar-refractivity contribution in [3.8, 4) is 0 Å². The summed E-state index contributed by atoms with van der Waals surface area (Å²) in [6.45, 7) is 0.937. The van der Waals surface area contributed by atoms with E-state index in [1.165, 1.54) is 16.2 Å². The summed E-state index contributed by atoms with van der Waals surface area (Å²) in [6, 6.07) is 0. The van der Waals surface area contributed by atoms with Crippen LogP contribution >= 0.6 is 11.3 Å². The van der Waals surface area contributed by atoms with E-state index < -0.39 is 10.1 Å². The molecule has 1 amide bonds. The Morgan fingerprint density at radius 3 is 2.68 bits per heavy atom. The summed E-state index contributed by atoms with van der Waals surface area (Å²) in [7, 11) is -0.0785. The number of thiazole rings is 1. The largest absolute Gasteiger partial charge is 0.343 e. The van der Waals surface area contributed by atoms with E-state index in [-0.39, 0.29) is 12.0 Å². The van der Waals surface area contributed by atoms with Crippen molar-refractivity contribution in [2.45, 2.75) is 6.10 Å². The number of amides is 1. The number of carbonyl (C=O) groups excluding carboxylic acids is 1. The predicted molar refractivity (Wildman–Crippen MR) is 72.1 cm³/mol. The molecule has 2 rings (SSSR count). The van der Waals surface area contributed by atoms with Crippen molar-refractivity contribution < 1.29 is 17.4 Å². The molecule has 1 aliphatic heterocycles. The molecule has 0 aromatic carbocycles. The first kappa shape index (κ1) is 14.2. The maximum Gasteiger partial charge on any atom is 0.272 e. The molecule has 1 saturated heterocycles. The Balaban J connectivity index is 1.94. The van der Waals surface area contributed by atoms with Crippen molar-refractivity contribution in [1.29, 1.82) is 0 Å². The van der Waals surface area contributed by atoms with E-state index in [0.717, 1.165) is 6.26 Å². The fourth-order valence-corrected chi connectivity index (χ4v) is 3.08. The zero-order chi connectivity index (χ0) is 14.2. The van der Waals surface area contributed by atoms with E-state index in [9.17, 15) is 13.2 Å². The number of hydrogen-bond donors (Lipinski definition) is 0. The molecule has 106 valence electrons. The molecular formula is C10H15N3O4S2. The second-order valence-electron chi connectivity index (χ2n) is 4.54. The number of nitrogens with zero attached hydrogens (tertiary/aromatic N) is 3. The van der Waals surface area contributed by atoms with Gasteiger partial charge in [-0.2, -0.15) is 8.42 Å². The standard InChI is InChI=1S/C10H15N3O4S2/c1-12(2)9(14)8-6-18-10(11-8)13-4-7(5-13)17-19(3,15)16/h6-7H,4-5H2,1-3H3. The SMILES string of the molecule is CN(C)C(=O)c1csc(N2CC(OS(C)(=O)=O)C2)n1. The van der Waals surface area contributed by atoms with Crippen LogP contribution in [0.15, 0.2) is 5.38 Å². The van der Waals surface area contributed by atoms with Crippen molar-refractivity contribution in [3.05, 3.63) is 11.1 Å². The quantitative estimate of drug-likeness (QED) is 0.729. The molecule has 7 nitrogen and oxygen atoms in total. The second kappa shape index (κ2) is 5.06. The van der Waals surface area contributed by atoms with Gasteiger partial charge in [0.15, 0.2) is 5.13 Å². The third-order valence-corrected chi connectivity index (χ3v) is 4.07. The molecule has 1 aromatic heterocycles. The number of rotatable bonds is 4. The van der Waals surface area contributed by atoms with Crippen molar-refractivity contribution in [2.75, 3.05) is 38.3 Å². The third-order valence-electron chi connectivity index (χ3n) is 2.55. The second-order valence-corrected chi connectivity index (χ2v) is 6.98. The van der Waals surface area contributed by atoms with Crippen LogP contribution in [-0.4, -0.2) is 63.8 Å². The van der Waals surface area contributed by atoms with Crippen molar-refractivity contribution in [3.63, 3.8) is 0 Å². The first-order valence-electron chi connectivity index (χ1n) is 5.56. The molecule has 0 bridgehead atoms. The molecule has 0 unspecified atom stereocenters. The highest BCUT2D eigenvalue weighted by Gasteiger charge is 2.32. The lowest BCUT2D eigenvalue weighted by atomic mass is 10.2. The van der Waals surface area contributed by atoms with Crippen LogP contribution in [0.3, 0.4) is 0 Å². The Bertz CT molecular complexity index is 575. The minimum atomic E-state index is -3.41. The molecule has 2 heterocycles. The first-order valence-corrected chi connectivity index (χ1v) is 8.26. The minimum Gasteiger partial charge on any atom is -0.343 e. The van der Waals surface area contributed by atoms with Gasteiger partial charge in [-0.15, -0.1) is 11.3 Å². The van der Waals surface area contributed by atoms with E-state index >= 15 is 0 Å².